The second-order valence-electron chi connectivity index (χ2n) is 7.10. The van der Waals surface area contributed by atoms with Crippen molar-refractivity contribution < 1.29 is 9.59 Å². The molecule has 0 saturated carbocycles. The Morgan fingerprint density at radius 2 is 1.83 bits per heavy atom. The van der Waals surface area contributed by atoms with Gasteiger partial charge in [0.15, 0.2) is 10.9 Å². The number of unbranched alkanes of at least 4 members (excludes halogenated alkanes) is 1. The van der Waals surface area contributed by atoms with Crippen LogP contribution in [-0.2, 0) is 11.3 Å². The fraction of sp³-hybridized carbons (Fsp3) is 0.304. The second kappa shape index (κ2) is 9.71. The Balaban J connectivity index is 1.82. The van der Waals surface area contributed by atoms with E-state index in [1.807, 2.05) is 18.2 Å². The highest BCUT2D eigenvalue weighted by molar-refractivity contribution is 8.00. The molecule has 1 unspecified atom stereocenters. The second-order valence-corrected chi connectivity index (χ2v) is 8.41. The summed E-state index contributed by atoms with van der Waals surface area (Å²) < 4.78 is 1.67. The van der Waals surface area contributed by atoms with Crippen LogP contribution in [0.5, 0.6) is 0 Å². The Bertz CT molecular complexity index is 1120. The maximum Gasteiger partial charge on any atom is 0.262 e. The van der Waals surface area contributed by atoms with E-state index in [0.29, 0.717) is 33.9 Å². The van der Waals surface area contributed by atoms with Crippen molar-refractivity contribution in [1.82, 2.24) is 9.55 Å². The van der Waals surface area contributed by atoms with Crippen molar-refractivity contribution in [2.24, 2.45) is 0 Å². The SMILES string of the molecule is CCCCn1c(SC(C)C(=O)Nc2ccc(C(C)=O)cc2)nc2ccccc2c1=O. The first kappa shape index (κ1) is 21.8. The number of nitrogens with one attached hydrogen (secondary N) is 1. The van der Waals surface area contributed by atoms with Gasteiger partial charge in [0.25, 0.3) is 5.56 Å². The van der Waals surface area contributed by atoms with Crippen molar-refractivity contribution in [2.45, 2.75) is 50.6 Å². The average Bonchev–Trinajstić information content (AvgIpc) is 2.74. The zero-order valence-corrected chi connectivity index (χ0v) is 18.2. The molecule has 1 N–H and O–H groups in total. The van der Waals surface area contributed by atoms with Gasteiger partial charge in [-0.2, -0.15) is 0 Å². The smallest absolute Gasteiger partial charge is 0.262 e. The summed E-state index contributed by atoms with van der Waals surface area (Å²) in [5.41, 5.74) is 1.76. The molecule has 0 aliphatic heterocycles. The van der Waals surface area contributed by atoms with Crippen molar-refractivity contribution in [2.75, 3.05) is 5.32 Å². The molecule has 0 bridgehead atoms. The third kappa shape index (κ3) is 4.97. The Labute approximate surface area is 179 Å². The van der Waals surface area contributed by atoms with E-state index in [1.54, 1.807) is 41.8 Å². The Morgan fingerprint density at radius 1 is 1.13 bits per heavy atom. The standard InChI is InChI=1S/C23H25N3O3S/c1-4-5-14-26-22(29)19-8-6-7-9-20(19)25-23(26)30-16(3)21(28)24-18-12-10-17(11-13-18)15(2)27/h6-13,16H,4-5,14H2,1-3H3,(H,24,28). The number of ketones is 1. The zero-order chi connectivity index (χ0) is 21.7. The van der Waals surface area contributed by atoms with Gasteiger partial charge >= 0.3 is 0 Å². The average molecular weight is 424 g/mol. The molecule has 156 valence electrons. The van der Waals surface area contributed by atoms with E-state index in [0.717, 1.165) is 12.8 Å². The van der Waals surface area contributed by atoms with Crippen molar-refractivity contribution in [3.63, 3.8) is 0 Å². The minimum atomic E-state index is -0.460. The summed E-state index contributed by atoms with van der Waals surface area (Å²) in [6.45, 7) is 5.92. The quantitative estimate of drug-likeness (QED) is 0.327. The largest absolute Gasteiger partial charge is 0.325 e. The topological polar surface area (TPSA) is 81.1 Å². The molecule has 2 aromatic carbocycles. The van der Waals surface area contributed by atoms with E-state index in [1.165, 1.54) is 18.7 Å². The van der Waals surface area contributed by atoms with Crippen LogP contribution in [0.4, 0.5) is 5.69 Å². The summed E-state index contributed by atoms with van der Waals surface area (Å²) >= 11 is 1.27. The summed E-state index contributed by atoms with van der Waals surface area (Å²) in [6, 6.07) is 14.0. The number of carbonyl (C=O) groups excluding carboxylic acids is 2. The fourth-order valence-electron chi connectivity index (χ4n) is 2.99. The van der Waals surface area contributed by atoms with E-state index in [2.05, 4.69) is 17.2 Å². The number of hydrogen-bond acceptors (Lipinski definition) is 5. The minimum Gasteiger partial charge on any atom is -0.325 e. The zero-order valence-electron chi connectivity index (χ0n) is 17.3. The molecule has 3 aromatic rings. The van der Waals surface area contributed by atoms with Crippen molar-refractivity contribution in [3.05, 3.63) is 64.4 Å². The first-order valence-corrected chi connectivity index (χ1v) is 10.9. The lowest BCUT2D eigenvalue weighted by atomic mass is 10.1. The lowest BCUT2D eigenvalue weighted by Gasteiger charge is -2.16. The van der Waals surface area contributed by atoms with Crippen LogP contribution in [0.2, 0.25) is 0 Å². The number of benzene rings is 2. The number of rotatable bonds is 8. The highest BCUT2D eigenvalue weighted by Crippen LogP contribution is 2.24. The van der Waals surface area contributed by atoms with Crippen LogP contribution in [0.25, 0.3) is 10.9 Å². The fourth-order valence-corrected chi connectivity index (χ4v) is 3.93. The van der Waals surface area contributed by atoms with Crippen molar-refractivity contribution >= 4 is 40.0 Å². The first-order chi connectivity index (χ1) is 14.4. The molecule has 1 amide bonds. The van der Waals surface area contributed by atoms with E-state index >= 15 is 0 Å². The third-order valence-electron chi connectivity index (χ3n) is 4.77. The molecular formula is C23H25N3O3S. The molecular weight excluding hydrogens is 398 g/mol. The molecule has 0 spiro atoms. The number of thioether (sulfide) groups is 1. The van der Waals surface area contributed by atoms with Gasteiger partial charge in [0.05, 0.1) is 16.2 Å². The van der Waals surface area contributed by atoms with E-state index in [4.69, 9.17) is 0 Å². The van der Waals surface area contributed by atoms with Crippen LogP contribution < -0.4 is 10.9 Å². The number of anilines is 1. The Hall–Kier alpha value is -2.93. The highest BCUT2D eigenvalue weighted by atomic mass is 32.2. The van der Waals surface area contributed by atoms with Gasteiger partial charge in [0.1, 0.15) is 0 Å². The van der Waals surface area contributed by atoms with Gasteiger partial charge in [-0.05, 0) is 56.7 Å². The van der Waals surface area contributed by atoms with Crippen molar-refractivity contribution in [1.29, 1.82) is 0 Å². The van der Waals surface area contributed by atoms with Crippen LogP contribution in [0, 0.1) is 0 Å². The van der Waals surface area contributed by atoms with Crippen LogP contribution in [0.15, 0.2) is 58.5 Å². The number of nitrogens with zero attached hydrogens (tertiary/aromatic N) is 2. The maximum atomic E-state index is 13.0. The normalized spacial score (nSPS) is 12.0. The molecule has 0 fully saturated rings. The lowest BCUT2D eigenvalue weighted by molar-refractivity contribution is -0.115. The number of amides is 1. The van der Waals surface area contributed by atoms with Gasteiger partial charge in [-0.3, -0.25) is 19.0 Å². The number of aromatic nitrogens is 2. The maximum absolute atomic E-state index is 13.0. The summed E-state index contributed by atoms with van der Waals surface area (Å²) in [5.74, 6) is -0.218. The number of hydrogen-bond donors (Lipinski definition) is 1. The molecule has 0 aliphatic carbocycles. The van der Waals surface area contributed by atoms with E-state index in [-0.39, 0.29) is 17.2 Å². The molecule has 0 aliphatic rings. The van der Waals surface area contributed by atoms with Gasteiger partial charge in [-0.15, -0.1) is 0 Å². The number of carbonyl (C=O) groups is 2. The molecule has 1 heterocycles. The highest BCUT2D eigenvalue weighted by Gasteiger charge is 2.19. The van der Waals surface area contributed by atoms with Crippen LogP contribution in [0.3, 0.4) is 0 Å². The Kier molecular flexibility index (Phi) is 7.05. The third-order valence-corrected chi connectivity index (χ3v) is 5.86. The molecule has 7 heteroatoms. The van der Waals surface area contributed by atoms with Crippen LogP contribution in [-0.4, -0.2) is 26.5 Å². The summed E-state index contributed by atoms with van der Waals surface area (Å²) in [5, 5.41) is 3.52. The Morgan fingerprint density at radius 3 is 2.50 bits per heavy atom. The number of Topliss-reactive ketones (excluding diaryl/α,β-unsaturated/α-hetero) is 1. The molecule has 0 saturated heterocycles. The molecule has 0 radical (unpaired) electrons. The lowest BCUT2D eigenvalue weighted by Crippen LogP contribution is -2.27. The van der Waals surface area contributed by atoms with Gasteiger partial charge in [0.2, 0.25) is 5.91 Å². The number of fused-ring (bicyclic) bond motifs is 1. The summed E-state index contributed by atoms with van der Waals surface area (Å²) in [6.07, 6.45) is 1.81. The van der Waals surface area contributed by atoms with Crippen molar-refractivity contribution in [3.8, 4) is 0 Å². The molecule has 30 heavy (non-hydrogen) atoms. The first-order valence-electron chi connectivity index (χ1n) is 9.98. The number of para-hydroxylation sites is 1. The molecule has 6 nitrogen and oxygen atoms in total. The van der Waals surface area contributed by atoms with Gasteiger partial charge in [-0.25, -0.2) is 4.98 Å². The predicted octanol–water partition coefficient (Wildman–Crippen LogP) is 4.52. The molecule has 1 aromatic heterocycles. The van der Waals surface area contributed by atoms with Crippen LogP contribution in [0.1, 0.15) is 44.0 Å². The monoisotopic (exact) mass is 423 g/mol. The molecule has 1 atom stereocenters. The van der Waals surface area contributed by atoms with Crippen LogP contribution >= 0.6 is 11.8 Å². The van der Waals surface area contributed by atoms with E-state index in [9.17, 15) is 14.4 Å². The van der Waals surface area contributed by atoms with Gasteiger partial charge < -0.3 is 5.32 Å². The minimum absolute atomic E-state index is 0.0239. The molecule has 3 rings (SSSR count). The predicted molar refractivity (Wildman–Crippen MR) is 121 cm³/mol. The summed E-state index contributed by atoms with van der Waals surface area (Å²) in [4.78, 5) is 41.7. The van der Waals surface area contributed by atoms with Gasteiger partial charge in [-0.1, -0.05) is 37.2 Å². The van der Waals surface area contributed by atoms with Gasteiger partial charge in [0, 0.05) is 17.8 Å². The summed E-state index contributed by atoms with van der Waals surface area (Å²) in [7, 11) is 0. The van der Waals surface area contributed by atoms with E-state index < -0.39 is 5.25 Å².